The van der Waals surface area contributed by atoms with Gasteiger partial charge in [0, 0.05) is 26.8 Å². The predicted octanol–water partition coefficient (Wildman–Crippen LogP) is 0.850. The molecule has 0 spiro atoms. The Morgan fingerprint density at radius 1 is 1.39 bits per heavy atom. The van der Waals surface area contributed by atoms with Gasteiger partial charge in [0.25, 0.3) is 0 Å². The molecule has 7 nitrogen and oxygen atoms in total. The molecule has 96 valence electrons. The molecule has 0 fully saturated rings. The predicted molar refractivity (Wildman–Crippen MR) is 66.9 cm³/mol. The number of nitrogens with one attached hydrogen (secondary N) is 1. The normalized spacial score (nSPS) is 10.6. The Morgan fingerprint density at radius 3 is 2.83 bits per heavy atom. The summed E-state index contributed by atoms with van der Waals surface area (Å²) in [5.41, 5.74) is 1.62. The molecule has 2 aromatic heterocycles. The van der Waals surface area contributed by atoms with Crippen LogP contribution in [0.2, 0.25) is 0 Å². The molecule has 0 unspecified atom stereocenters. The van der Waals surface area contributed by atoms with Crippen molar-refractivity contribution in [1.82, 2.24) is 25.0 Å². The largest absolute Gasteiger partial charge is 0.377 e. The lowest BCUT2D eigenvalue weighted by molar-refractivity contribution is 0.178. The first-order valence-corrected chi connectivity index (χ1v) is 5.70. The molecule has 7 heteroatoms. The third-order valence-corrected chi connectivity index (χ3v) is 2.38. The van der Waals surface area contributed by atoms with E-state index in [0.717, 1.165) is 23.8 Å². The minimum absolute atomic E-state index is 0.373. The zero-order valence-corrected chi connectivity index (χ0v) is 10.7. The van der Waals surface area contributed by atoms with Crippen LogP contribution in [0.4, 0.5) is 5.82 Å². The number of hydrogen-bond acceptors (Lipinski definition) is 6. The average Bonchev–Trinajstić information content (AvgIpc) is 2.76. The summed E-state index contributed by atoms with van der Waals surface area (Å²) in [5, 5.41) is 10.9. The van der Waals surface area contributed by atoms with Crippen LogP contribution in [0.15, 0.2) is 12.3 Å². The fourth-order valence-electron chi connectivity index (χ4n) is 1.62. The molecule has 2 heterocycles. The molecule has 2 aromatic rings. The smallest absolute Gasteiger partial charge is 0.157 e. The number of rotatable bonds is 5. The van der Waals surface area contributed by atoms with Crippen molar-refractivity contribution in [1.29, 1.82) is 0 Å². The van der Waals surface area contributed by atoms with Crippen molar-refractivity contribution in [2.24, 2.45) is 7.05 Å². The van der Waals surface area contributed by atoms with E-state index in [0.29, 0.717) is 12.4 Å². The molecule has 1 N–H and O–H groups in total. The van der Waals surface area contributed by atoms with Crippen molar-refractivity contribution in [3.05, 3.63) is 18.1 Å². The molecule has 0 aliphatic heterocycles. The van der Waals surface area contributed by atoms with E-state index in [2.05, 4.69) is 25.6 Å². The third kappa shape index (κ3) is 2.62. The van der Waals surface area contributed by atoms with E-state index < -0.39 is 0 Å². The lowest BCUT2D eigenvalue weighted by atomic mass is 10.3. The Hall–Kier alpha value is -2.02. The van der Waals surface area contributed by atoms with Crippen molar-refractivity contribution in [3.63, 3.8) is 0 Å². The molecule has 0 radical (unpaired) electrons. The standard InChI is InChI=1S/C11H16N6O/c1-4-12-10-5-8(9-6-13-16-17(9)2)14-11(15-10)7-18-3/h5-6H,4,7H2,1-3H3,(H,12,14,15). The van der Waals surface area contributed by atoms with Gasteiger partial charge in [0.15, 0.2) is 5.82 Å². The van der Waals surface area contributed by atoms with Gasteiger partial charge < -0.3 is 10.1 Å². The molecule has 0 aromatic carbocycles. The summed E-state index contributed by atoms with van der Waals surface area (Å²) in [6.07, 6.45) is 1.68. The van der Waals surface area contributed by atoms with Crippen LogP contribution in [-0.4, -0.2) is 38.6 Å². The highest BCUT2D eigenvalue weighted by Crippen LogP contribution is 2.18. The summed E-state index contributed by atoms with van der Waals surface area (Å²) >= 11 is 0. The van der Waals surface area contributed by atoms with Crippen LogP contribution in [0.3, 0.4) is 0 Å². The first kappa shape index (κ1) is 12.4. The first-order chi connectivity index (χ1) is 8.74. The van der Waals surface area contributed by atoms with Crippen molar-refractivity contribution in [3.8, 4) is 11.4 Å². The van der Waals surface area contributed by atoms with Crippen LogP contribution in [0.25, 0.3) is 11.4 Å². The molecular weight excluding hydrogens is 232 g/mol. The summed E-state index contributed by atoms with van der Waals surface area (Å²) in [6, 6.07) is 1.88. The highest BCUT2D eigenvalue weighted by Gasteiger charge is 2.09. The average molecular weight is 248 g/mol. The van der Waals surface area contributed by atoms with Crippen LogP contribution < -0.4 is 5.32 Å². The minimum Gasteiger partial charge on any atom is -0.377 e. The molecule has 0 aliphatic carbocycles. The van der Waals surface area contributed by atoms with E-state index in [1.165, 1.54) is 0 Å². The van der Waals surface area contributed by atoms with Crippen LogP contribution in [0.1, 0.15) is 12.7 Å². The lowest BCUT2D eigenvalue weighted by Crippen LogP contribution is -2.06. The van der Waals surface area contributed by atoms with Gasteiger partial charge in [-0.2, -0.15) is 0 Å². The first-order valence-electron chi connectivity index (χ1n) is 5.70. The highest BCUT2D eigenvalue weighted by molar-refractivity contribution is 5.57. The fraction of sp³-hybridized carbons (Fsp3) is 0.455. The van der Waals surface area contributed by atoms with Gasteiger partial charge in [-0.25, -0.2) is 14.6 Å². The van der Waals surface area contributed by atoms with Gasteiger partial charge in [0.2, 0.25) is 0 Å². The number of aromatic nitrogens is 5. The maximum Gasteiger partial charge on any atom is 0.157 e. The summed E-state index contributed by atoms with van der Waals surface area (Å²) in [6.45, 7) is 3.19. The maximum atomic E-state index is 5.07. The molecule has 0 saturated carbocycles. The lowest BCUT2D eigenvalue weighted by Gasteiger charge is -2.08. The van der Waals surface area contributed by atoms with E-state index >= 15 is 0 Å². The summed E-state index contributed by atoms with van der Waals surface area (Å²) in [5.74, 6) is 1.41. The Bertz CT molecular complexity index is 500. The zero-order valence-electron chi connectivity index (χ0n) is 10.7. The summed E-state index contributed by atoms with van der Waals surface area (Å²) in [7, 11) is 3.45. The van der Waals surface area contributed by atoms with Gasteiger partial charge in [-0.05, 0) is 6.92 Å². The topological polar surface area (TPSA) is 77.8 Å². The van der Waals surface area contributed by atoms with Crippen LogP contribution in [-0.2, 0) is 18.4 Å². The monoisotopic (exact) mass is 248 g/mol. The Morgan fingerprint density at radius 2 is 2.22 bits per heavy atom. The zero-order chi connectivity index (χ0) is 13.0. The number of nitrogens with zero attached hydrogens (tertiary/aromatic N) is 5. The molecule has 0 saturated heterocycles. The molecular formula is C11H16N6O. The number of anilines is 1. The van der Waals surface area contributed by atoms with Crippen LogP contribution in [0.5, 0.6) is 0 Å². The second-order valence-electron chi connectivity index (χ2n) is 3.76. The van der Waals surface area contributed by atoms with Gasteiger partial charge in [-0.15, -0.1) is 5.10 Å². The van der Waals surface area contributed by atoms with Gasteiger partial charge >= 0.3 is 0 Å². The quantitative estimate of drug-likeness (QED) is 0.845. The van der Waals surface area contributed by atoms with Gasteiger partial charge in [-0.3, -0.25) is 0 Å². The maximum absolute atomic E-state index is 5.07. The van der Waals surface area contributed by atoms with Crippen molar-refractivity contribution >= 4 is 5.82 Å². The van der Waals surface area contributed by atoms with Crippen LogP contribution >= 0.6 is 0 Å². The molecule has 0 atom stereocenters. The van der Waals surface area contributed by atoms with E-state index in [-0.39, 0.29) is 0 Å². The number of ether oxygens (including phenoxy) is 1. The summed E-state index contributed by atoms with van der Waals surface area (Å²) in [4.78, 5) is 8.79. The molecule has 18 heavy (non-hydrogen) atoms. The Kier molecular flexibility index (Phi) is 3.83. The van der Waals surface area contributed by atoms with E-state index in [1.807, 2.05) is 20.0 Å². The Labute approximate surface area is 105 Å². The fourth-order valence-corrected chi connectivity index (χ4v) is 1.62. The summed E-state index contributed by atoms with van der Waals surface area (Å²) < 4.78 is 6.75. The Balaban J connectivity index is 2.42. The SMILES string of the molecule is CCNc1cc(-c2cnnn2C)nc(COC)n1. The highest BCUT2D eigenvalue weighted by atomic mass is 16.5. The van der Waals surface area contributed by atoms with Gasteiger partial charge in [-0.1, -0.05) is 5.21 Å². The van der Waals surface area contributed by atoms with Crippen molar-refractivity contribution < 1.29 is 4.74 Å². The molecule has 0 bridgehead atoms. The van der Waals surface area contributed by atoms with Crippen LogP contribution in [0, 0.1) is 0 Å². The number of aryl methyl sites for hydroxylation is 1. The third-order valence-electron chi connectivity index (χ3n) is 2.38. The van der Waals surface area contributed by atoms with Crippen molar-refractivity contribution in [2.45, 2.75) is 13.5 Å². The molecule has 0 aliphatic rings. The van der Waals surface area contributed by atoms with Gasteiger partial charge in [0.1, 0.15) is 18.1 Å². The van der Waals surface area contributed by atoms with E-state index in [9.17, 15) is 0 Å². The van der Waals surface area contributed by atoms with Gasteiger partial charge in [0.05, 0.1) is 11.9 Å². The second kappa shape index (κ2) is 5.54. The number of hydrogen-bond donors (Lipinski definition) is 1. The van der Waals surface area contributed by atoms with E-state index in [4.69, 9.17) is 4.74 Å². The minimum atomic E-state index is 0.373. The van der Waals surface area contributed by atoms with Crippen molar-refractivity contribution in [2.75, 3.05) is 19.0 Å². The molecule has 0 amide bonds. The second-order valence-corrected chi connectivity index (χ2v) is 3.76. The number of methoxy groups -OCH3 is 1. The molecule has 2 rings (SSSR count). The van der Waals surface area contributed by atoms with E-state index in [1.54, 1.807) is 18.0 Å².